The van der Waals surface area contributed by atoms with Gasteiger partial charge in [-0.2, -0.15) is 0 Å². The van der Waals surface area contributed by atoms with Gasteiger partial charge in [0, 0.05) is 30.9 Å². The second kappa shape index (κ2) is 4.53. The molecule has 1 aliphatic rings. The molecule has 0 atom stereocenters. The van der Waals surface area contributed by atoms with E-state index in [1.54, 1.807) is 18.0 Å². The fourth-order valence-corrected chi connectivity index (χ4v) is 2.96. The maximum Gasteiger partial charge on any atom is 0.253 e. The molecule has 5 nitrogen and oxygen atoms in total. The van der Waals surface area contributed by atoms with Gasteiger partial charge < -0.3 is 14.9 Å². The van der Waals surface area contributed by atoms with Crippen molar-refractivity contribution in [2.75, 3.05) is 5.75 Å². The van der Waals surface area contributed by atoms with E-state index in [4.69, 9.17) is 0 Å². The van der Waals surface area contributed by atoms with Crippen molar-refractivity contribution < 1.29 is 4.79 Å². The molecule has 0 saturated carbocycles. The monoisotopic (exact) mass is 262 g/mol. The third-order valence-corrected chi connectivity index (χ3v) is 3.95. The van der Waals surface area contributed by atoms with E-state index in [9.17, 15) is 4.79 Å². The number of carbonyl (C=O) groups excluding carboxylic acids is 1. The number of aromatic amines is 1. The van der Waals surface area contributed by atoms with Crippen molar-refractivity contribution in [3.63, 3.8) is 0 Å². The summed E-state index contributed by atoms with van der Waals surface area (Å²) < 4.78 is 2.13. The second-order valence-electron chi connectivity index (χ2n) is 4.29. The predicted molar refractivity (Wildman–Crippen MR) is 69.7 cm³/mol. The summed E-state index contributed by atoms with van der Waals surface area (Å²) in [4.78, 5) is 19.3. The Balaban J connectivity index is 1.64. The van der Waals surface area contributed by atoms with Crippen LogP contribution in [0.3, 0.4) is 0 Å². The number of nitrogens with zero attached hydrogens (tertiary/aromatic N) is 2. The number of thioether (sulfide) groups is 1. The molecule has 3 heterocycles. The number of amides is 1. The fourth-order valence-electron chi connectivity index (χ4n) is 2.00. The lowest BCUT2D eigenvalue weighted by Gasteiger charge is -2.02. The van der Waals surface area contributed by atoms with Crippen LogP contribution in [0.4, 0.5) is 0 Å². The lowest BCUT2D eigenvalue weighted by Crippen LogP contribution is -2.23. The standard InChI is InChI=1S/C12H14N4OS/c1-8-4-13-6-10(8)11(17)14-5-9-7-16-2-3-18-12(16)15-9/h4,6-7,13H,2-3,5H2,1H3,(H,14,17). The Morgan fingerprint density at radius 1 is 1.61 bits per heavy atom. The molecule has 0 fully saturated rings. The molecule has 0 aliphatic carbocycles. The Morgan fingerprint density at radius 2 is 2.50 bits per heavy atom. The summed E-state index contributed by atoms with van der Waals surface area (Å²) in [7, 11) is 0. The lowest BCUT2D eigenvalue weighted by molar-refractivity contribution is 0.0950. The molecule has 0 radical (unpaired) electrons. The molecule has 2 N–H and O–H groups in total. The summed E-state index contributed by atoms with van der Waals surface area (Å²) in [5.41, 5.74) is 2.56. The molecule has 0 spiro atoms. The smallest absolute Gasteiger partial charge is 0.253 e. The number of carbonyl (C=O) groups is 1. The molecule has 1 amide bonds. The Labute approximate surface area is 109 Å². The summed E-state index contributed by atoms with van der Waals surface area (Å²) in [6.07, 6.45) is 5.55. The van der Waals surface area contributed by atoms with Gasteiger partial charge in [0.05, 0.1) is 17.8 Å². The zero-order valence-electron chi connectivity index (χ0n) is 10.1. The molecule has 0 saturated heterocycles. The van der Waals surface area contributed by atoms with Crippen LogP contribution in [0.1, 0.15) is 21.6 Å². The van der Waals surface area contributed by atoms with Gasteiger partial charge in [0.2, 0.25) is 0 Å². The first-order valence-electron chi connectivity index (χ1n) is 5.84. The van der Waals surface area contributed by atoms with Gasteiger partial charge >= 0.3 is 0 Å². The Morgan fingerprint density at radius 3 is 3.22 bits per heavy atom. The van der Waals surface area contributed by atoms with E-state index in [1.165, 1.54) is 0 Å². The molecule has 18 heavy (non-hydrogen) atoms. The Bertz CT molecular complexity index is 565. The third kappa shape index (κ3) is 2.03. The van der Waals surface area contributed by atoms with Crippen LogP contribution in [0.2, 0.25) is 0 Å². The van der Waals surface area contributed by atoms with Gasteiger partial charge in [-0.25, -0.2) is 4.98 Å². The highest BCUT2D eigenvalue weighted by atomic mass is 32.2. The number of aromatic nitrogens is 3. The normalized spacial score (nSPS) is 13.6. The van der Waals surface area contributed by atoms with Gasteiger partial charge in [-0.05, 0) is 12.5 Å². The third-order valence-electron chi connectivity index (χ3n) is 2.98. The summed E-state index contributed by atoms with van der Waals surface area (Å²) >= 11 is 1.76. The van der Waals surface area contributed by atoms with Crippen molar-refractivity contribution in [2.24, 2.45) is 0 Å². The maximum absolute atomic E-state index is 11.9. The summed E-state index contributed by atoms with van der Waals surface area (Å²) in [5, 5.41) is 3.94. The summed E-state index contributed by atoms with van der Waals surface area (Å²) in [6, 6.07) is 0. The first-order valence-corrected chi connectivity index (χ1v) is 6.83. The van der Waals surface area contributed by atoms with E-state index in [0.717, 1.165) is 28.7 Å². The predicted octanol–water partition coefficient (Wildman–Crippen LogP) is 1.56. The van der Waals surface area contributed by atoms with Gasteiger partial charge in [0.25, 0.3) is 5.91 Å². The number of hydrogen-bond donors (Lipinski definition) is 2. The molecule has 0 aromatic carbocycles. The molecule has 0 bridgehead atoms. The van der Waals surface area contributed by atoms with Crippen LogP contribution in [-0.2, 0) is 13.1 Å². The highest BCUT2D eigenvalue weighted by Crippen LogP contribution is 2.24. The van der Waals surface area contributed by atoms with Crippen LogP contribution in [0.15, 0.2) is 23.7 Å². The number of aryl methyl sites for hydroxylation is 2. The minimum Gasteiger partial charge on any atom is -0.367 e. The number of rotatable bonds is 3. The molecule has 94 valence electrons. The minimum atomic E-state index is -0.0606. The van der Waals surface area contributed by atoms with Crippen LogP contribution in [0, 0.1) is 6.92 Å². The van der Waals surface area contributed by atoms with E-state index < -0.39 is 0 Å². The van der Waals surface area contributed by atoms with Gasteiger partial charge in [-0.1, -0.05) is 11.8 Å². The SMILES string of the molecule is Cc1c[nH]cc1C(=O)NCc1cn2c(n1)SCC2. The zero-order chi connectivity index (χ0) is 12.5. The van der Waals surface area contributed by atoms with E-state index >= 15 is 0 Å². The first kappa shape index (κ1) is 11.4. The lowest BCUT2D eigenvalue weighted by atomic mass is 10.2. The van der Waals surface area contributed by atoms with E-state index in [2.05, 4.69) is 19.9 Å². The fraction of sp³-hybridized carbons (Fsp3) is 0.333. The number of H-pyrrole nitrogens is 1. The zero-order valence-corrected chi connectivity index (χ0v) is 10.9. The molecule has 2 aromatic rings. The van der Waals surface area contributed by atoms with E-state index in [0.29, 0.717) is 12.1 Å². The highest BCUT2D eigenvalue weighted by molar-refractivity contribution is 7.99. The average Bonchev–Trinajstić information content (AvgIpc) is 3.00. The van der Waals surface area contributed by atoms with Gasteiger partial charge in [0.15, 0.2) is 5.16 Å². The van der Waals surface area contributed by atoms with Crippen molar-refractivity contribution >= 4 is 17.7 Å². The number of fused-ring (bicyclic) bond motifs is 1. The highest BCUT2D eigenvalue weighted by Gasteiger charge is 2.15. The number of hydrogen-bond acceptors (Lipinski definition) is 3. The van der Waals surface area contributed by atoms with Crippen LogP contribution in [-0.4, -0.2) is 26.2 Å². The molecule has 6 heteroatoms. The molecule has 2 aromatic heterocycles. The quantitative estimate of drug-likeness (QED) is 0.882. The summed E-state index contributed by atoms with van der Waals surface area (Å²) in [5.74, 6) is 1.03. The van der Waals surface area contributed by atoms with Crippen molar-refractivity contribution in [3.8, 4) is 0 Å². The first-order chi connectivity index (χ1) is 8.74. The van der Waals surface area contributed by atoms with E-state index in [1.807, 2.05) is 19.3 Å². The molecule has 3 rings (SSSR count). The van der Waals surface area contributed by atoms with Gasteiger partial charge in [0.1, 0.15) is 0 Å². The van der Waals surface area contributed by atoms with Crippen LogP contribution >= 0.6 is 11.8 Å². The van der Waals surface area contributed by atoms with Crippen molar-refractivity contribution in [2.45, 2.75) is 25.2 Å². The molecular formula is C12H14N4OS. The van der Waals surface area contributed by atoms with Crippen LogP contribution < -0.4 is 5.32 Å². The maximum atomic E-state index is 11.9. The van der Waals surface area contributed by atoms with Gasteiger partial charge in [-0.15, -0.1) is 0 Å². The largest absolute Gasteiger partial charge is 0.367 e. The van der Waals surface area contributed by atoms with E-state index in [-0.39, 0.29) is 5.91 Å². The summed E-state index contributed by atoms with van der Waals surface area (Å²) in [6.45, 7) is 3.40. The van der Waals surface area contributed by atoms with Crippen molar-refractivity contribution in [1.82, 2.24) is 19.9 Å². The second-order valence-corrected chi connectivity index (χ2v) is 5.35. The van der Waals surface area contributed by atoms with Crippen LogP contribution in [0.25, 0.3) is 0 Å². The minimum absolute atomic E-state index is 0.0606. The number of nitrogens with one attached hydrogen (secondary N) is 2. The van der Waals surface area contributed by atoms with Crippen LogP contribution in [0.5, 0.6) is 0 Å². The van der Waals surface area contributed by atoms with Crippen molar-refractivity contribution in [1.29, 1.82) is 0 Å². The topological polar surface area (TPSA) is 62.7 Å². The molecular weight excluding hydrogens is 248 g/mol. The van der Waals surface area contributed by atoms with Gasteiger partial charge in [-0.3, -0.25) is 4.79 Å². The molecule has 1 aliphatic heterocycles. The number of imidazole rings is 1. The Kier molecular flexibility index (Phi) is 2.87. The van der Waals surface area contributed by atoms with Crippen molar-refractivity contribution in [3.05, 3.63) is 35.4 Å². The average molecular weight is 262 g/mol. The Hall–Kier alpha value is -1.69. The molecule has 0 unspecified atom stereocenters.